The maximum atomic E-state index is 12.9. The lowest BCUT2D eigenvalue weighted by Crippen LogP contribution is -2.48. The number of ether oxygens (including phenoxy) is 2. The van der Waals surface area contributed by atoms with E-state index in [1.54, 1.807) is 6.92 Å². The van der Waals surface area contributed by atoms with Crippen molar-refractivity contribution in [1.82, 2.24) is 9.03 Å². The molecule has 0 spiro atoms. The molecule has 2 fully saturated rings. The quantitative estimate of drug-likeness (QED) is 0.617. The number of nitrogens with one attached hydrogen (secondary N) is 1. The number of hydrogen-bond donors (Lipinski definition) is 1. The second-order valence-corrected chi connectivity index (χ2v) is 10.4. The highest BCUT2D eigenvalue weighted by Crippen LogP contribution is 2.25. The zero-order valence-corrected chi connectivity index (χ0v) is 17.2. The second-order valence-electron chi connectivity index (χ2n) is 6.78. The van der Waals surface area contributed by atoms with Crippen LogP contribution in [0.25, 0.3) is 0 Å². The van der Waals surface area contributed by atoms with E-state index in [-0.39, 0.29) is 29.0 Å². The Kier molecular flexibility index (Phi) is 6.40. The molecular formula is C17H24N2O7S2. The Bertz CT molecular complexity index is 909. The maximum Gasteiger partial charge on any atom is 0.310 e. The van der Waals surface area contributed by atoms with Gasteiger partial charge in [0.05, 0.1) is 41.6 Å². The second kappa shape index (κ2) is 8.46. The van der Waals surface area contributed by atoms with E-state index in [4.69, 9.17) is 9.47 Å². The lowest BCUT2D eigenvalue weighted by Gasteiger charge is -2.30. The lowest BCUT2D eigenvalue weighted by atomic mass is 10.0. The zero-order chi connectivity index (χ0) is 20.4. The molecule has 2 aliphatic heterocycles. The summed E-state index contributed by atoms with van der Waals surface area (Å²) in [6, 6.07) is 4.81. The van der Waals surface area contributed by atoms with Crippen molar-refractivity contribution in [2.24, 2.45) is 5.92 Å². The third-order valence-corrected chi connectivity index (χ3v) is 8.15. The highest BCUT2D eigenvalue weighted by Gasteiger charge is 2.34. The molecule has 0 aromatic heterocycles. The van der Waals surface area contributed by atoms with Gasteiger partial charge < -0.3 is 9.47 Å². The van der Waals surface area contributed by atoms with Gasteiger partial charge in [0.15, 0.2) is 0 Å². The van der Waals surface area contributed by atoms with E-state index in [2.05, 4.69) is 4.72 Å². The van der Waals surface area contributed by atoms with Gasteiger partial charge in [-0.2, -0.15) is 4.31 Å². The van der Waals surface area contributed by atoms with Crippen LogP contribution in [0.15, 0.2) is 34.1 Å². The molecule has 1 N–H and O–H groups in total. The van der Waals surface area contributed by atoms with Gasteiger partial charge in [0.1, 0.15) is 0 Å². The minimum atomic E-state index is -3.83. The van der Waals surface area contributed by atoms with Crippen molar-refractivity contribution in [2.75, 3.05) is 32.9 Å². The predicted molar refractivity (Wildman–Crippen MR) is 99.5 cm³/mol. The number of hydrogen-bond acceptors (Lipinski definition) is 7. The summed E-state index contributed by atoms with van der Waals surface area (Å²) in [6.45, 7) is 2.97. The van der Waals surface area contributed by atoms with Gasteiger partial charge in [0.25, 0.3) is 0 Å². The van der Waals surface area contributed by atoms with Gasteiger partial charge in [0.2, 0.25) is 20.0 Å². The average molecular weight is 433 g/mol. The van der Waals surface area contributed by atoms with Crippen LogP contribution in [-0.2, 0) is 34.3 Å². The predicted octanol–water partition coefficient (Wildman–Crippen LogP) is 0.328. The van der Waals surface area contributed by atoms with Gasteiger partial charge in [-0.1, -0.05) is 0 Å². The Labute approximate surface area is 165 Å². The van der Waals surface area contributed by atoms with Gasteiger partial charge >= 0.3 is 5.97 Å². The number of carbonyl (C=O) groups is 1. The normalized spacial score (nSPS) is 21.8. The fourth-order valence-electron chi connectivity index (χ4n) is 3.14. The Morgan fingerprint density at radius 2 is 1.82 bits per heavy atom. The van der Waals surface area contributed by atoms with Gasteiger partial charge in [0, 0.05) is 13.1 Å². The van der Waals surface area contributed by atoms with E-state index >= 15 is 0 Å². The van der Waals surface area contributed by atoms with Crippen LogP contribution in [0.4, 0.5) is 0 Å². The molecule has 2 heterocycles. The number of carbonyl (C=O) groups excluding carboxylic acids is 1. The van der Waals surface area contributed by atoms with Crippen molar-refractivity contribution >= 4 is 26.0 Å². The summed E-state index contributed by atoms with van der Waals surface area (Å²) in [5, 5.41) is 0. The summed E-state index contributed by atoms with van der Waals surface area (Å²) < 4.78 is 64.1. The van der Waals surface area contributed by atoms with Crippen LogP contribution in [0.1, 0.15) is 19.8 Å². The fourth-order valence-corrected chi connectivity index (χ4v) is 5.87. The minimum Gasteiger partial charge on any atom is -0.466 e. The smallest absolute Gasteiger partial charge is 0.310 e. The van der Waals surface area contributed by atoms with Crippen LogP contribution in [0.3, 0.4) is 0 Å². The SMILES string of the molecule is CCOC(=O)[C@@H]1CCCN(S(=O)(=O)c2ccc(S(=O)(=O)NC3COC3)cc2)C1. The lowest BCUT2D eigenvalue weighted by molar-refractivity contribution is -0.149. The Morgan fingerprint density at radius 3 is 2.39 bits per heavy atom. The Balaban J connectivity index is 1.73. The van der Waals surface area contributed by atoms with Gasteiger partial charge in [-0.25, -0.2) is 21.6 Å². The van der Waals surface area contributed by atoms with E-state index in [1.807, 2.05) is 0 Å². The van der Waals surface area contributed by atoms with Crippen LogP contribution in [0.2, 0.25) is 0 Å². The highest BCUT2D eigenvalue weighted by atomic mass is 32.2. The molecule has 11 heteroatoms. The van der Waals surface area contributed by atoms with Gasteiger partial charge in [-0.15, -0.1) is 0 Å². The van der Waals surface area contributed by atoms with Crippen LogP contribution < -0.4 is 4.72 Å². The van der Waals surface area contributed by atoms with Crippen LogP contribution in [-0.4, -0.2) is 66.1 Å². The molecule has 0 radical (unpaired) electrons. The van der Waals surface area contributed by atoms with E-state index in [9.17, 15) is 21.6 Å². The molecule has 0 aliphatic carbocycles. The largest absolute Gasteiger partial charge is 0.466 e. The van der Waals surface area contributed by atoms with Crippen LogP contribution in [0, 0.1) is 5.92 Å². The number of rotatable bonds is 7. The van der Waals surface area contributed by atoms with Crippen LogP contribution >= 0.6 is 0 Å². The number of piperidine rings is 1. The standard InChI is InChI=1S/C17H24N2O7S2/c1-2-26-17(20)13-4-3-9-19(10-13)28(23,24)16-7-5-15(6-8-16)27(21,22)18-14-11-25-12-14/h5-8,13-14,18H,2-4,9-12H2,1H3/t13-/m1/s1. The van der Waals surface area contributed by atoms with E-state index < -0.39 is 31.9 Å². The van der Waals surface area contributed by atoms with Crippen molar-refractivity contribution in [1.29, 1.82) is 0 Å². The summed E-state index contributed by atoms with van der Waals surface area (Å²) in [4.78, 5) is 11.9. The summed E-state index contributed by atoms with van der Waals surface area (Å²) in [5.74, 6) is -0.882. The monoisotopic (exact) mass is 432 g/mol. The first-order valence-corrected chi connectivity index (χ1v) is 12.0. The molecule has 0 unspecified atom stereocenters. The summed E-state index contributed by atoms with van der Waals surface area (Å²) >= 11 is 0. The minimum absolute atomic E-state index is 0.0112. The molecule has 1 atom stereocenters. The van der Waals surface area contributed by atoms with Crippen molar-refractivity contribution in [3.63, 3.8) is 0 Å². The van der Waals surface area contributed by atoms with Gasteiger partial charge in [-0.3, -0.25) is 4.79 Å². The molecule has 2 aliphatic rings. The van der Waals surface area contributed by atoms with E-state index in [0.717, 1.165) is 0 Å². The molecule has 2 saturated heterocycles. The number of benzene rings is 1. The molecule has 0 amide bonds. The first-order valence-electron chi connectivity index (χ1n) is 9.11. The Morgan fingerprint density at radius 1 is 1.18 bits per heavy atom. The highest BCUT2D eigenvalue weighted by molar-refractivity contribution is 7.89. The molecule has 28 heavy (non-hydrogen) atoms. The summed E-state index contributed by atoms with van der Waals surface area (Å²) in [5.41, 5.74) is 0. The first kappa shape index (κ1) is 21.2. The van der Waals surface area contributed by atoms with E-state index in [1.165, 1.54) is 28.6 Å². The molecule has 0 saturated carbocycles. The molecule has 3 rings (SSSR count). The molecular weight excluding hydrogens is 408 g/mol. The maximum absolute atomic E-state index is 12.9. The Hall–Kier alpha value is -1.53. The third kappa shape index (κ3) is 4.54. The number of sulfonamides is 2. The molecule has 1 aromatic rings. The van der Waals surface area contributed by atoms with Crippen LogP contribution in [0.5, 0.6) is 0 Å². The van der Waals surface area contributed by atoms with Crippen molar-refractivity contribution in [3.05, 3.63) is 24.3 Å². The first-order chi connectivity index (χ1) is 13.2. The molecule has 1 aromatic carbocycles. The number of esters is 1. The average Bonchev–Trinajstić information content (AvgIpc) is 2.65. The summed E-state index contributed by atoms with van der Waals surface area (Å²) in [7, 11) is -7.57. The third-order valence-electron chi connectivity index (χ3n) is 4.74. The van der Waals surface area contributed by atoms with E-state index in [0.29, 0.717) is 32.6 Å². The topological polar surface area (TPSA) is 119 Å². The zero-order valence-electron chi connectivity index (χ0n) is 15.5. The number of nitrogens with zero attached hydrogens (tertiary/aromatic N) is 1. The van der Waals surface area contributed by atoms with Gasteiger partial charge in [-0.05, 0) is 44.0 Å². The van der Waals surface area contributed by atoms with Crippen molar-refractivity contribution < 1.29 is 31.1 Å². The molecule has 9 nitrogen and oxygen atoms in total. The van der Waals surface area contributed by atoms with Crippen molar-refractivity contribution in [2.45, 2.75) is 35.6 Å². The molecule has 0 bridgehead atoms. The fraction of sp³-hybridized carbons (Fsp3) is 0.588. The molecule has 156 valence electrons. The van der Waals surface area contributed by atoms with Crippen molar-refractivity contribution in [3.8, 4) is 0 Å². The summed E-state index contributed by atoms with van der Waals surface area (Å²) in [6.07, 6.45) is 1.14.